The summed E-state index contributed by atoms with van der Waals surface area (Å²) in [5.41, 5.74) is 6.95. The number of rotatable bonds is 2. The Labute approximate surface area is 97.5 Å². The summed E-state index contributed by atoms with van der Waals surface area (Å²) in [5.74, 6) is 0.189. The van der Waals surface area contributed by atoms with Gasteiger partial charge in [0.15, 0.2) is 0 Å². The number of nitrogen functional groups attached to an aromatic ring is 1. The second-order valence-corrected chi connectivity index (χ2v) is 4.29. The van der Waals surface area contributed by atoms with Crippen LogP contribution in [-0.2, 0) is 7.05 Å². The highest BCUT2D eigenvalue weighted by Crippen LogP contribution is 2.30. The molecule has 16 heavy (non-hydrogen) atoms. The number of nitrogens with zero attached hydrogens (tertiary/aromatic N) is 2. The first kappa shape index (κ1) is 11.0. The smallest absolute Gasteiger partial charge is 0.131 e. The summed E-state index contributed by atoms with van der Waals surface area (Å²) in [6, 6.07) is 4.98. The van der Waals surface area contributed by atoms with Gasteiger partial charge in [-0.15, -0.1) is 11.8 Å². The van der Waals surface area contributed by atoms with Gasteiger partial charge in [-0.05, 0) is 24.5 Å². The first-order valence-electron chi connectivity index (χ1n) is 4.75. The molecule has 2 N–H and O–H groups in total. The summed E-state index contributed by atoms with van der Waals surface area (Å²) in [4.78, 5) is 1.000. The maximum atomic E-state index is 13.7. The predicted molar refractivity (Wildman–Crippen MR) is 64.8 cm³/mol. The van der Waals surface area contributed by atoms with Crippen LogP contribution >= 0.6 is 11.8 Å². The zero-order valence-corrected chi connectivity index (χ0v) is 9.88. The Morgan fingerprint density at radius 1 is 1.38 bits per heavy atom. The van der Waals surface area contributed by atoms with Crippen LogP contribution < -0.4 is 5.73 Å². The summed E-state index contributed by atoms with van der Waals surface area (Å²) < 4.78 is 15.2. The molecule has 0 aliphatic heterocycles. The monoisotopic (exact) mass is 237 g/mol. The Kier molecular flexibility index (Phi) is 2.87. The third-order valence-corrected chi connectivity index (χ3v) is 3.17. The summed E-state index contributed by atoms with van der Waals surface area (Å²) in [6.45, 7) is 0. The number of hydrogen-bond acceptors (Lipinski definition) is 3. The minimum absolute atomic E-state index is 0.280. The third kappa shape index (κ3) is 1.78. The van der Waals surface area contributed by atoms with E-state index in [0.717, 1.165) is 4.90 Å². The van der Waals surface area contributed by atoms with E-state index in [1.54, 1.807) is 37.1 Å². The summed E-state index contributed by atoms with van der Waals surface area (Å²) >= 11 is 1.56. The van der Waals surface area contributed by atoms with Gasteiger partial charge in [-0.25, -0.2) is 4.39 Å². The van der Waals surface area contributed by atoms with Crippen molar-refractivity contribution in [3.63, 3.8) is 0 Å². The van der Waals surface area contributed by atoms with E-state index in [0.29, 0.717) is 16.9 Å². The Balaban J connectivity index is 2.59. The molecule has 0 aliphatic rings. The van der Waals surface area contributed by atoms with Crippen LogP contribution in [0.5, 0.6) is 0 Å². The molecule has 0 saturated heterocycles. The number of aryl methyl sites for hydroxylation is 1. The second kappa shape index (κ2) is 4.17. The Morgan fingerprint density at radius 3 is 2.69 bits per heavy atom. The molecule has 0 amide bonds. The van der Waals surface area contributed by atoms with Crippen molar-refractivity contribution in [2.24, 2.45) is 7.05 Å². The van der Waals surface area contributed by atoms with Crippen molar-refractivity contribution in [2.75, 3.05) is 12.0 Å². The second-order valence-electron chi connectivity index (χ2n) is 3.41. The molecule has 0 aliphatic carbocycles. The molecule has 0 radical (unpaired) electrons. The molecule has 84 valence electrons. The van der Waals surface area contributed by atoms with Gasteiger partial charge in [0.05, 0.1) is 6.20 Å². The zero-order chi connectivity index (χ0) is 11.7. The van der Waals surface area contributed by atoms with Crippen LogP contribution in [0, 0.1) is 5.82 Å². The van der Waals surface area contributed by atoms with Gasteiger partial charge < -0.3 is 5.73 Å². The first-order chi connectivity index (χ1) is 7.63. The molecule has 0 atom stereocenters. The molecule has 1 aromatic heterocycles. The van der Waals surface area contributed by atoms with Gasteiger partial charge in [0.2, 0.25) is 0 Å². The first-order valence-corrected chi connectivity index (χ1v) is 5.97. The van der Waals surface area contributed by atoms with Gasteiger partial charge in [-0.3, -0.25) is 4.68 Å². The number of aromatic nitrogens is 2. The zero-order valence-electron chi connectivity index (χ0n) is 9.07. The fraction of sp³-hybridized carbons (Fsp3) is 0.182. The predicted octanol–water partition coefficient (Wildman–Crippen LogP) is 2.53. The van der Waals surface area contributed by atoms with Crippen molar-refractivity contribution in [2.45, 2.75) is 4.90 Å². The molecular formula is C11H12FN3S. The van der Waals surface area contributed by atoms with E-state index in [2.05, 4.69) is 5.10 Å². The van der Waals surface area contributed by atoms with E-state index in [1.165, 1.54) is 10.7 Å². The van der Waals surface area contributed by atoms with Crippen LogP contribution in [0.4, 0.5) is 10.2 Å². The van der Waals surface area contributed by atoms with E-state index in [-0.39, 0.29) is 5.82 Å². The van der Waals surface area contributed by atoms with Gasteiger partial charge >= 0.3 is 0 Å². The number of thioether (sulfide) groups is 1. The van der Waals surface area contributed by atoms with Gasteiger partial charge in [0, 0.05) is 23.1 Å². The average molecular weight is 237 g/mol. The number of halogens is 1. The Hall–Kier alpha value is -1.49. The van der Waals surface area contributed by atoms with Crippen LogP contribution in [0.15, 0.2) is 29.3 Å². The highest BCUT2D eigenvalue weighted by Gasteiger charge is 2.12. The molecular weight excluding hydrogens is 225 g/mol. The van der Waals surface area contributed by atoms with Gasteiger partial charge in [0.25, 0.3) is 0 Å². The largest absolute Gasteiger partial charge is 0.383 e. The van der Waals surface area contributed by atoms with E-state index in [4.69, 9.17) is 5.73 Å². The molecule has 2 rings (SSSR count). The molecule has 0 unspecified atom stereocenters. The average Bonchev–Trinajstić information content (AvgIpc) is 2.61. The Morgan fingerprint density at radius 2 is 2.12 bits per heavy atom. The maximum Gasteiger partial charge on any atom is 0.131 e. The lowest BCUT2D eigenvalue weighted by Crippen LogP contribution is -1.98. The summed E-state index contributed by atoms with van der Waals surface area (Å²) in [5, 5.41) is 4.01. The van der Waals surface area contributed by atoms with Gasteiger partial charge in [0.1, 0.15) is 11.6 Å². The minimum atomic E-state index is -0.280. The van der Waals surface area contributed by atoms with Gasteiger partial charge in [-0.1, -0.05) is 0 Å². The lowest BCUT2D eigenvalue weighted by molar-refractivity contribution is 0.630. The van der Waals surface area contributed by atoms with Crippen LogP contribution in [0.2, 0.25) is 0 Å². The van der Waals surface area contributed by atoms with Crippen molar-refractivity contribution in [1.29, 1.82) is 0 Å². The number of anilines is 1. The lowest BCUT2D eigenvalue weighted by atomic mass is 10.1. The van der Waals surface area contributed by atoms with Crippen molar-refractivity contribution in [3.05, 3.63) is 30.2 Å². The lowest BCUT2D eigenvalue weighted by Gasteiger charge is -2.04. The van der Waals surface area contributed by atoms with Crippen molar-refractivity contribution < 1.29 is 4.39 Å². The SMILES string of the molecule is CSc1ccc(F)c(-c2cnn(C)c2N)c1. The highest BCUT2D eigenvalue weighted by atomic mass is 32.2. The maximum absolute atomic E-state index is 13.7. The fourth-order valence-corrected chi connectivity index (χ4v) is 1.93. The van der Waals surface area contributed by atoms with E-state index >= 15 is 0 Å². The summed E-state index contributed by atoms with van der Waals surface area (Å²) in [7, 11) is 1.73. The summed E-state index contributed by atoms with van der Waals surface area (Å²) in [6.07, 6.45) is 3.53. The minimum Gasteiger partial charge on any atom is -0.383 e. The molecule has 0 fully saturated rings. The van der Waals surface area contributed by atoms with Crippen molar-refractivity contribution >= 4 is 17.6 Å². The molecule has 0 bridgehead atoms. The molecule has 1 aromatic carbocycles. The standard InChI is InChI=1S/C11H12FN3S/c1-15-11(13)9(6-14-15)8-5-7(16-2)3-4-10(8)12/h3-6H,13H2,1-2H3. The number of hydrogen-bond donors (Lipinski definition) is 1. The van der Waals surface area contributed by atoms with Crippen LogP contribution in [0.3, 0.4) is 0 Å². The normalized spacial score (nSPS) is 10.7. The van der Waals surface area contributed by atoms with E-state index in [1.807, 2.05) is 6.26 Å². The third-order valence-electron chi connectivity index (χ3n) is 2.45. The molecule has 5 heteroatoms. The van der Waals surface area contributed by atoms with Crippen molar-refractivity contribution in [1.82, 2.24) is 9.78 Å². The van der Waals surface area contributed by atoms with Gasteiger partial charge in [-0.2, -0.15) is 5.10 Å². The number of benzene rings is 1. The van der Waals surface area contributed by atoms with E-state index < -0.39 is 0 Å². The van der Waals surface area contributed by atoms with Crippen LogP contribution in [0.25, 0.3) is 11.1 Å². The quantitative estimate of drug-likeness (QED) is 0.816. The topological polar surface area (TPSA) is 43.8 Å². The molecule has 0 spiro atoms. The molecule has 0 saturated carbocycles. The van der Waals surface area contributed by atoms with E-state index in [9.17, 15) is 4.39 Å². The van der Waals surface area contributed by atoms with Crippen molar-refractivity contribution in [3.8, 4) is 11.1 Å². The number of nitrogens with two attached hydrogens (primary N) is 1. The molecule has 2 aromatic rings. The van der Waals surface area contributed by atoms with Crippen LogP contribution in [0.1, 0.15) is 0 Å². The van der Waals surface area contributed by atoms with Crippen LogP contribution in [-0.4, -0.2) is 16.0 Å². The molecule has 1 heterocycles. The molecule has 3 nitrogen and oxygen atoms in total. The fourth-order valence-electron chi connectivity index (χ4n) is 1.49. The Bertz CT molecular complexity index is 522. The highest BCUT2D eigenvalue weighted by molar-refractivity contribution is 7.98.